The Balaban J connectivity index is 0.000000561. The molecule has 3 N–H and O–H groups in total. The van der Waals surface area contributed by atoms with Crippen molar-refractivity contribution in [3.05, 3.63) is 17.8 Å². The van der Waals surface area contributed by atoms with Gasteiger partial charge in [0.25, 0.3) is 0 Å². The highest BCUT2D eigenvalue weighted by atomic mass is 32.2. The van der Waals surface area contributed by atoms with Crippen LogP contribution in [0.4, 0.5) is 0 Å². The van der Waals surface area contributed by atoms with Gasteiger partial charge in [-0.1, -0.05) is 13.8 Å². The normalized spacial score (nSPS) is 9.08. The molecule has 0 unspecified atom stereocenters. The first-order chi connectivity index (χ1) is 5.79. The molecule has 0 aliphatic carbocycles. The molecular formula is C8H16N2OS. The Morgan fingerprint density at radius 2 is 2.08 bits per heavy atom. The number of aromatic nitrogens is 1. The molecule has 0 amide bonds. The number of aliphatic hydroxyl groups excluding tert-OH is 1. The Morgan fingerprint density at radius 3 is 2.33 bits per heavy atom. The van der Waals surface area contributed by atoms with Gasteiger partial charge < -0.3 is 9.67 Å². The molecule has 0 aliphatic heterocycles. The van der Waals surface area contributed by atoms with Gasteiger partial charge >= 0.3 is 0 Å². The van der Waals surface area contributed by atoms with E-state index < -0.39 is 0 Å². The Labute approximate surface area is 77.7 Å². The second kappa shape index (κ2) is 6.11. The van der Waals surface area contributed by atoms with Gasteiger partial charge in [-0.25, -0.2) is 0 Å². The molecule has 4 heteroatoms. The summed E-state index contributed by atoms with van der Waals surface area (Å²) in [5, 5.41) is 15.1. The van der Waals surface area contributed by atoms with Crippen LogP contribution < -0.4 is 5.14 Å². The fraction of sp³-hybridized carbons (Fsp3) is 0.500. The first kappa shape index (κ1) is 11.6. The zero-order valence-electron chi connectivity index (χ0n) is 7.74. The highest BCUT2D eigenvalue weighted by Gasteiger charge is 2.00. The Kier molecular flexibility index (Phi) is 5.88. The lowest BCUT2D eigenvalue weighted by atomic mass is 10.5. The minimum Gasteiger partial charge on any atom is -0.390 e. The lowest BCUT2D eigenvalue weighted by molar-refractivity contribution is 0.271. The van der Waals surface area contributed by atoms with E-state index >= 15 is 0 Å². The zero-order chi connectivity index (χ0) is 9.56. The number of nitrogens with two attached hydrogens (primary N) is 1. The molecule has 3 nitrogen and oxygen atoms in total. The van der Waals surface area contributed by atoms with Crippen molar-refractivity contribution in [2.24, 2.45) is 12.2 Å². The van der Waals surface area contributed by atoms with Crippen LogP contribution in [-0.4, -0.2) is 9.67 Å². The van der Waals surface area contributed by atoms with E-state index in [0.29, 0.717) is 0 Å². The predicted octanol–water partition coefficient (Wildman–Crippen LogP) is 1.51. The molecule has 0 fully saturated rings. The Bertz CT molecular complexity index is 201. The van der Waals surface area contributed by atoms with E-state index in [9.17, 15) is 0 Å². The van der Waals surface area contributed by atoms with Gasteiger partial charge in [0.2, 0.25) is 0 Å². The van der Waals surface area contributed by atoms with Crippen LogP contribution in [0.25, 0.3) is 0 Å². The molecule has 0 saturated carbocycles. The third-order valence-electron chi connectivity index (χ3n) is 1.46. The SMILES string of the molecule is CC.Cn1c(CO)ccc1SN. The number of rotatable bonds is 2. The van der Waals surface area contributed by atoms with E-state index in [-0.39, 0.29) is 6.61 Å². The topological polar surface area (TPSA) is 51.2 Å². The van der Waals surface area contributed by atoms with Gasteiger partial charge in [0.15, 0.2) is 0 Å². The van der Waals surface area contributed by atoms with Crippen molar-refractivity contribution in [3.63, 3.8) is 0 Å². The fourth-order valence-corrected chi connectivity index (χ4v) is 1.23. The van der Waals surface area contributed by atoms with Crippen LogP contribution in [0.3, 0.4) is 0 Å². The maximum atomic E-state index is 8.76. The molecular weight excluding hydrogens is 172 g/mol. The minimum atomic E-state index is 0.0665. The molecule has 0 radical (unpaired) electrons. The molecule has 12 heavy (non-hydrogen) atoms. The van der Waals surface area contributed by atoms with Crippen molar-refractivity contribution in [2.75, 3.05) is 0 Å². The van der Waals surface area contributed by atoms with Crippen molar-refractivity contribution in [3.8, 4) is 0 Å². The average molecular weight is 188 g/mol. The van der Waals surface area contributed by atoms with E-state index in [0.717, 1.165) is 10.7 Å². The van der Waals surface area contributed by atoms with E-state index in [1.54, 1.807) is 0 Å². The summed E-state index contributed by atoms with van der Waals surface area (Å²) in [6.45, 7) is 4.07. The fourth-order valence-electron chi connectivity index (χ4n) is 0.810. The van der Waals surface area contributed by atoms with Gasteiger partial charge in [-0.2, -0.15) is 0 Å². The number of nitrogens with zero attached hydrogens (tertiary/aromatic N) is 1. The molecule has 1 aromatic heterocycles. The van der Waals surface area contributed by atoms with Gasteiger partial charge in [0, 0.05) is 12.7 Å². The summed E-state index contributed by atoms with van der Waals surface area (Å²) in [7, 11) is 1.88. The molecule has 1 rings (SSSR count). The number of hydrogen-bond acceptors (Lipinski definition) is 3. The third-order valence-corrected chi connectivity index (χ3v) is 2.11. The van der Waals surface area contributed by atoms with Crippen LogP contribution in [0.2, 0.25) is 0 Å². The van der Waals surface area contributed by atoms with Gasteiger partial charge in [-0.3, -0.25) is 5.14 Å². The summed E-state index contributed by atoms with van der Waals surface area (Å²) in [4.78, 5) is 0. The molecule has 0 atom stereocenters. The molecule has 0 aromatic carbocycles. The predicted molar refractivity (Wildman–Crippen MR) is 52.7 cm³/mol. The molecule has 0 aliphatic rings. The monoisotopic (exact) mass is 188 g/mol. The van der Waals surface area contributed by atoms with Crippen LogP contribution in [0, 0.1) is 0 Å². The average Bonchev–Trinajstić information content (AvgIpc) is 2.49. The third kappa shape index (κ3) is 2.55. The van der Waals surface area contributed by atoms with Crippen LogP contribution >= 0.6 is 11.9 Å². The first-order valence-electron chi connectivity index (χ1n) is 3.91. The number of hydrogen-bond donors (Lipinski definition) is 2. The van der Waals surface area contributed by atoms with E-state index in [1.807, 2.05) is 37.6 Å². The summed E-state index contributed by atoms with van der Waals surface area (Å²) < 4.78 is 1.87. The lowest BCUT2D eigenvalue weighted by Crippen LogP contribution is -1.97. The molecule has 0 spiro atoms. The largest absolute Gasteiger partial charge is 0.390 e. The summed E-state index contributed by atoms with van der Waals surface area (Å²) in [6.07, 6.45) is 0. The molecule has 1 aromatic rings. The van der Waals surface area contributed by atoms with E-state index in [4.69, 9.17) is 10.2 Å². The smallest absolute Gasteiger partial charge is 0.0898 e. The zero-order valence-corrected chi connectivity index (χ0v) is 8.56. The van der Waals surface area contributed by atoms with Crippen LogP contribution in [0.5, 0.6) is 0 Å². The Hall–Kier alpha value is -0.450. The highest BCUT2D eigenvalue weighted by molar-refractivity contribution is 7.97. The van der Waals surface area contributed by atoms with Crippen LogP contribution in [0.1, 0.15) is 19.5 Å². The van der Waals surface area contributed by atoms with Gasteiger partial charge in [0.05, 0.1) is 11.6 Å². The van der Waals surface area contributed by atoms with E-state index in [1.165, 1.54) is 11.9 Å². The summed E-state index contributed by atoms with van der Waals surface area (Å²) in [5.74, 6) is 0. The summed E-state index contributed by atoms with van der Waals surface area (Å²) in [6, 6.07) is 3.74. The second-order valence-electron chi connectivity index (χ2n) is 2.00. The van der Waals surface area contributed by atoms with Gasteiger partial charge in [-0.05, 0) is 24.1 Å². The molecule has 0 saturated heterocycles. The molecule has 1 heterocycles. The number of aliphatic hydroxyl groups is 1. The van der Waals surface area contributed by atoms with Crippen LogP contribution in [0.15, 0.2) is 17.2 Å². The van der Waals surface area contributed by atoms with Crippen molar-refractivity contribution in [1.82, 2.24) is 4.57 Å². The second-order valence-corrected chi connectivity index (χ2v) is 2.65. The quantitative estimate of drug-likeness (QED) is 0.692. The minimum absolute atomic E-state index is 0.0665. The van der Waals surface area contributed by atoms with Crippen molar-refractivity contribution < 1.29 is 5.11 Å². The summed E-state index contributed by atoms with van der Waals surface area (Å²) >= 11 is 1.18. The maximum Gasteiger partial charge on any atom is 0.0898 e. The maximum absolute atomic E-state index is 8.76. The van der Waals surface area contributed by atoms with Gasteiger partial charge in [0.1, 0.15) is 0 Å². The lowest BCUT2D eigenvalue weighted by Gasteiger charge is -2.01. The van der Waals surface area contributed by atoms with Crippen LogP contribution in [-0.2, 0) is 13.7 Å². The van der Waals surface area contributed by atoms with Crippen molar-refractivity contribution in [2.45, 2.75) is 25.5 Å². The first-order valence-corrected chi connectivity index (χ1v) is 4.79. The Morgan fingerprint density at radius 1 is 1.50 bits per heavy atom. The van der Waals surface area contributed by atoms with Crippen molar-refractivity contribution in [1.29, 1.82) is 0 Å². The van der Waals surface area contributed by atoms with Gasteiger partial charge in [-0.15, -0.1) is 0 Å². The summed E-state index contributed by atoms with van der Waals surface area (Å²) in [5.41, 5.74) is 0.882. The molecule has 70 valence electrons. The standard InChI is InChI=1S/C6H10N2OS.C2H6/c1-8-5(4-9)2-3-6(8)10-7;1-2/h2-3,9H,4,7H2,1H3;1-2H3. The molecule has 0 bridgehead atoms. The highest BCUT2D eigenvalue weighted by Crippen LogP contribution is 2.14. The van der Waals surface area contributed by atoms with E-state index in [2.05, 4.69) is 0 Å². The van der Waals surface area contributed by atoms with Crippen molar-refractivity contribution >= 4 is 11.9 Å².